The summed E-state index contributed by atoms with van der Waals surface area (Å²) in [5.41, 5.74) is 0. The van der Waals surface area contributed by atoms with Crippen LogP contribution in [0.1, 0.15) is 12.8 Å². The van der Waals surface area contributed by atoms with Gasteiger partial charge >= 0.3 is 0 Å². The van der Waals surface area contributed by atoms with Gasteiger partial charge in [-0.15, -0.1) is 0 Å². The summed E-state index contributed by atoms with van der Waals surface area (Å²) in [6, 6.07) is 0. The van der Waals surface area contributed by atoms with Crippen LogP contribution in [0.5, 0.6) is 0 Å². The molecule has 19 heavy (non-hydrogen) atoms. The van der Waals surface area contributed by atoms with Gasteiger partial charge in [-0.2, -0.15) is 0 Å². The number of rotatable bonds is 5. The van der Waals surface area contributed by atoms with Gasteiger partial charge in [0.1, 0.15) is 0 Å². The molecule has 1 atom stereocenters. The lowest BCUT2D eigenvalue weighted by atomic mass is 10.1. The fraction of sp³-hybridized carbons (Fsp3) is 0.846. The lowest BCUT2D eigenvalue weighted by Crippen LogP contribution is -2.48. The summed E-state index contributed by atoms with van der Waals surface area (Å²) in [5.74, 6) is 0.0989. The molecule has 2 heterocycles. The Morgan fingerprint density at radius 2 is 2.16 bits per heavy atom. The van der Waals surface area contributed by atoms with Crippen LogP contribution in [0.2, 0.25) is 0 Å². The van der Waals surface area contributed by atoms with Gasteiger partial charge < -0.3 is 19.9 Å². The largest absolute Gasteiger partial charge is 0.385 e. The van der Waals surface area contributed by atoms with E-state index in [1.54, 1.807) is 12.0 Å². The quantitative estimate of drug-likeness (QED) is 0.671. The fourth-order valence-electron chi connectivity index (χ4n) is 2.70. The molecule has 0 spiro atoms. The number of carbonyl (C=O) groups is 2. The first-order valence-corrected chi connectivity index (χ1v) is 6.98. The summed E-state index contributed by atoms with van der Waals surface area (Å²) in [7, 11) is 1.66. The van der Waals surface area contributed by atoms with Crippen molar-refractivity contribution in [2.24, 2.45) is 5.92 Å². The van der Waals surface area contributed by atoms with Crippen LogP contribution in [0.25, 0.3) is 0 Å². The zero-order valence-electron chi connectivity index (χ0n) is 11.6. The first-order valence-electron chi connectivity index (χ1n) is 6.98. The summed E-state index contributed by atoms with van der Waals surface area (Å²) in [6.45, 7) is 5.14. The smallest absolute Gasteiger partial charge is 0.228 e. The van der Waals surface area contributed by atoms with Crippen molar-refractivity contribution < 1.29 is 14.3 Å². The second kappa shape index (κ2) is 6.86. The maximum absolute atomic E-state index is 12.3. The van der Waals surface area contributed by atoms with E-state index in [1.165, 1.54) is 0 Å². The molecule has 2 amide bonds. The van der Waals surface area contributed by atoms with Gasteiger partial charge in [0.2, 0.25) is 11.8 Å². The van der Waals surface area contributed by atoms with Crippen LogP contribution < -0.4 is 5.32 Å². The van der Waals surface area contributed by atoms with Crippen molar-refractivity contribution in [3.05, 3.63) is 0 Å². The van der Waals surface area contributed by atoms with Gasteiger partial charge in [-0.05, 0) is 6.42 Å². The number of piperazine rings is 1. The highest BCUT2D eigenvalue weighted by atomic mass is 16.5. The number of methoxy groups -OCH3 is 1. The van der Waals surface area contributed by atoms with Gasteiger partial charge in [-0.1, -0.05) is 0 Å². The molecule has 2 aliphatic heterocycles. The lowest BCUT2D eigenvalue weighted by Gasteiger charge is -2.29. The van der Waals surface area contributed by atoms with E-state index in [1.807, 2.05) is 4.90 Å². The van der Waals surface area contributed by atoms with Gasteiger partial charge in [0.15, 0.2) is 0 Å². The van der Waals surface area contributed by atoms with Crippen molar-refractivity contribution in [1.29, 1.82) is 0 Å². The molecule has 1 N–H and O–H groups in total. The minimum atomic E-state index is -0.145. The van der Waals surface area contributed by atoms with E-state index in [2.05, 4.69) is 5.32 Å². The molecule has 1 unspecified atom stereocenters. The maximum atomic E-state index is 12.3. The number of nitrogens with zero attached hydrogens (tertiary/aromatic N) is 2. The molecule has 108 valence electrons. The van der Waals surface area contributed by atoms with Crippen LogP contribution in [0.4, 0.5) is 0 Å². The topological polar surface area (TPSA) is 61.9 Å². The Balaban J connectivity index is 1.81. The third-order valence-electron chi connectivity index (χ3n) is 3.77. The monoisotopic (exact) mass is 269 g/mol. The lowest BCUT2D eigenvalue weighted by molar-refractivity contribution is -0.136. The molecule has 6 heteroatoms. The molecule has 0 bridgehead atoms. The Labute approximate surface area is 114 Å². The summed E-state index contributed by atoms with van der Waals surface area (Å²) in [4.78, 5) is 27.9. The van der Waals surface area contributed by atoms with Crippen molar-refractivity contribution >= 4 is 11.8 Å². The van der Waals surface area contributed by atoms with Crippen LogP contribution in [0.15, 0.2) is 0 Å². The van der Waals surface area contributed by atoms with E-state index < -0.39 is 0 Å². The van der Waals surface area contributed by atoms with Crippen molar-refractivity contribution in [2.75, 3.05) is 53.0 Å². The second-order valence-corrected chi connectivity index (χ2v) is 5.16. The summed E-state index contributed by atoms with van der Waals surface area (Å²) >= 11 is 0. The molecule has 0 aromatic carbocycles. The Kier molecular flexibility index (Phi) is 5.15. The Morgan fingerprint density at radius 1 is 1.42 bits per heavy atom. The van der Waals surface area contributed by atoms with Crippen molar-refractivity contribution in [2.45, 2.75) is 12.8 Å². The summed E-state index contributed by atoms with van der Waals surface area (Å²) in [6.07, 6.45) is 1.20. The predicted octanol–water partition coefficient (Wildman–Crippen LogP) is -0.697. The normalized spacial score (nSPS) is 24.1. The van der Waals surface area contributed by atoms with Crippen molar-refractivity contribution in [1.82, 2.24) is 15.1 Å². The molecular formula is C13H23N3O3. The highest BCUT2D eigenvalue weighted by Gasteiger charge is 2.36. The molecule has 2 aliphatic rings. The number of ether oxygens (including phenoxy) is 1. The van der Waals surface area contributed by atoms with Crippen LogP contribution in [0, 0.1) is 5.92 Å². The molecule has 2 rings (SSSR count). The zero-order chi connectivity index (χ0) is 13.7. The van der Waals surface area contributed by atoms with Crippen molar-refractivity contribution in [3.8, 4) is 0 Å². The van der Waals surface area contributed by atoms with Gasteiger partial charge in [0.05, 0.1) is 5.92 Å². The number of hydrogen-bond acceptors (Lipinski definition) is 4. The van der Waals surface area contributed by atoms with E-state index in [0.29, 0.717) is 26.1 Å². The highest BCUT2D eigenvalue weighted by molar-refractivity contribution is 5.89. The summed E-state index contributed by atoms with van der Waals surface area (Å²) < 4.78 is 4.99. The Bertz CT molecular complexity index is 329. The number of carbonyl (C=O) groups excluding carboxylic acids is 2. The van der Waals surface area contributed by atoms with Gasteiger partial charge in [-0.25, -0.2) is 0 Å². The van der Waals surface area contributed by atoms with Crippen LogP contribution in [0.3, 0.4) is 0 Å². The zero-order valence-corrected chi connectivity index (χ0v) is 11.6. The second-order valence-electron chi connectivity index (χ2n) is 5.16. The summed E-state index contributed by atoms with van der Waals surface area (Å²) in [5, 5.41) is 3.23. The van der Waals surface area contributed by atoms with E-state index in [9.17, 15) is 9.59 Å². The molecular weight excluding hydrogens is 246 g/mol. The number of nitrogens with one attached hydrogen (secondary N) is 1. The molecule has 0 aliphatic carbocycles. The minimum absolute atomic E-state index is 0.101. The Hall–Kier alpha value is -1.14. The van der Waals surface area contributed by atoms with Crippen LogP contribution in [-0.4, -0.2) is 74.6 Å². The highest BCUT2D eigenvalue weighted by Crippen LogP contribution is 2.20. The molecule has 0 aromatic rings. The average molecular weight is 269 g/mol. The maximum Gasteiger partial charge on any atom is 0.228 e. The van der Waals surface area contributed by atoms with Crippen LogP contribution >= 0.6 is 0 Å². The third kappa shape index (κ3) is 3.67. The average Bonchev–Trinajstić information content (AvgIpc) is 2.81. The standard InChI is InChI=1S/C13H23N3O3/c1-19-8-2-5-16-10-11(9-12(16)17)13(18)15-6-3-14-4-7-15/h11,14H,2-10H2,1H3. The number of likely N-dealkylation sites (tertiary alicyclic amines) is 1. The number of amides is 2. The molecule has 0 radical (unpaired) electrons. The molecule has 0 aromatic heterocycles. The SMILES string of the molecule is COCCCN1CC(C(=O)N2CCNCC2)CC1=O. The molecule has 0 saturated carbocycles. The van der Waals surface area contributed by atoms with E-state index in [-0.39, 0.29) is 17.7 Å². The Morgan fingerprint density at radius 3 is 2.84 bits per heavy atom. The fourth-order valence-corrected chi connectivity index (χ4v) is 2.70. The molecule has 6 nitrogen and oxygen atoms in total. The first-order chi connectivity index (χ1) is 9.22. The first kappa shape index (κ1) is 14.3. The minimum Gasteiger partial charge on any atom is -0.385 e. The number of hydrogen-bond donors (Lipinski definition) is 1. The van der Waals surface area contributed by atoms with Crippen LogP contribution in [-0.2, 0) is 14.3 Å². The van der Waals surface area contributed by atoms with Gasteiger partial charge in [0.25, 0.3) is 0 Å². The third-order valence-corrected chi connectivity index (χ3v) is 3.77. The molecule has 2 saturated heterocycles. The van der Waals surface area contributed by atoms with E-state index >= 15 is 0 Å². The van der Waals surface area contributed by atoms with Crippen molar-refractivity contribution in [3.63, 3.8) is 0 Å². The van der Waals surface area contributed by atoms with E-state index in [0.717, 1.165) is 32.6 Å². The van der Waals surface area contributed by atoms with E-state index in [4.69, 9.17) is 4.74 Å². The predicted molar refractivity (Wildman–Crippen MR) is 70.6 cm³/mol. The molecule has 2 fully saturated rings. The van der Waals surface area contributed by atoms with Gasteiger partial charge in [-0.3, -0.25) is 9.59 Å². The van der Waals surface area contributed by atoms with Gasteiger partial charge in [0, 0.05) is 59.4 Å².